The Morgan fingerprint density at radius 2 is 1.50 bits per heavy atom. The van der Waals surface area contributed by atoms with Gasteiger partial charge >= 0.3 is 24.1 Å². The number of amides is 3. The monoisotopic (exact) mass is 471 g/mol. The molecule has 1 atom stereocenters. The molecule has 0 aliphatic carbocycles. The molecule has 12 heteroatoms. The molecule has 1 heterocycles. The normalized spacial score (nSPS) is 17.1. The minimum absolute atomic E-state index is 0.0390. The van der Waals surface area contributed by atoms with Crippen LogP contribution in [0.3, 0.4) is 0 Å². The van der Waals surface area contributed by atoms with Gasteiger partial charge in [0.05, 0.1) is 0 Å². The predicted molar refractivity (Wildman–Crippen MR) is 103 cm³/mol. The number of alkyl halides is 7. The van der Waals surface area contributed by atoms with Gasteiger partial charge in [0.25, 0.3) is 0 Å². The van der Waals surface area contributed by atoms with Crippen LogP contribution in [0.15, 0.2) is 24.3 Å². The molecule has 2 N–H and O–H groups in total. The fraction of sp³-hybridized carbons (Fsp3) is 0.600. The lowest BCUT2D eigenvalue weighted by molar-refractivity contribution is -0.348. The predicted octanol–water partition coefficient (Wildman–Crippen LogP) is 5.13. The van der Waals surface area contributed by atoms with Crippen molar-refractivity contribution >= 4 is 17.6 Å². The molecular weight excluding hydrogens is 447 g/mol. The number of halogens is 7. The number of benzene rings is 1. The molecule has 1 unspecified atom stereocenters. The Hall–Kier alpha value is -2.53. The molecular formula is C20H24F7N3O2. The molecule has 1 saturated heterocycles. The molecule has 5 nitrogen and oxygen atoms in total. The van der Waals surface area contributed by atoms with Crippen molar-refractivity contribution in [3.8, 4) is 0 Å². The Bertz CT molecular complexity index is 787. The highest BCUT2D eigenvalue weighted by Gasteiger charge is 2.73. The number of nitrogens with zero attached hydrogens (tertiary/aromatic N) is 1. The second-order valence-corrected chi connectivity index (χ2v) is 7.74. The van der Waals surface area contributed by atoms with Crippen molar-refractivity contribution in [2.75, 3.05) is 18.4 Å². The lowest BCUT2D eigenvalue weighted by atomic mass is 9.94. The van der Waals surface area contributed by atoms with E-state index in [1.54, 1.807) is 4.90 Å². The minimum Gasteiger partial charge on any atom is -0.342 e. The molecule has 180 valence electrons. The average molecular weight is 471 g/mol. The molecule has 0 aromatic heterocycles. The van der Waals surface area contributed by atoms with Gasteiger partial charge in [-0.25, -0.2) is 9.18 Å². The summed E-state index contributed by atoms with van der Waals surface area (Å²) in [5.74, 6) is -0.0549. The van der Waals surface area contributed by atoms with Crippen molar-refractivity contribution in [3.05, 3.63) is 29.8 Å². The third-order valence-electron chi connectivity index (χ3n) is 5.50. The summed E-state index contributed by atoms with van der Waals surface area (Å²) in [4.78, 5) is 26.0. The maximum atomic E-state index is 14.0. The first kappa shape index (κ1) is 25.7. The summed E-state index contributed by atoms with van der Waals surface area (Å²) in [5.41, 5.74) is -7.27. The van der Waals surface area contributed by atoms with Gasteiger partial charge in [0.2, 0.25) is 5.91 Å². The van der Waals surface area contributed by atoms with Crippen molar-refractivity contribution in [1.82, 2.24) is 10.2 Å². The van der Waals surface area contributed by atoms with Crippen LogP contribution in [0.1, 0.15) is 38.7 Å². The van der Waals surface area contributed by atoms with Gasteiger partial charge in [-0.15, -0.1) is 0 Å². The van der Waals surface area contributed by atoms with E-state index in [0.29, 0.717) is 44.5 Å². The summed E-state index contributed by atoms with van der Waals surface area (Å²) in [6, 6.07) is 1.19. The van der Waals surface area contributed by atoms with Crippen LogP contribution in [0.4, 0.5) is 41.2 Å². The number of carbonyl (C=O) groups is 2. The number of hydrogen-bond donors (Lipinski definition) is 2. The molecule has 0 spiro atoms. The number of carbonyl (C=O) groups excluding carboxylic acids is 2. The van der Waals surface area contributed by atoms with Crippen LogP contribution in [0, 0.1) is 5.92 Å². The number of piperidine rings is 1. The van der Waals surface area contributed by atoms with Gasteiger partial charge < -0.3 is 15.5 Å². The Kier molecular flexibility index (Phi) is 7.67. The first-order valence-corrected chi connectivity index (χ1v) is 10.00. The summed E-state index contributed by atoms with van der Waals surface area (Å²) < 4.78 is 90.8. The summed E-state index contributed by atoms with van der Waals surface area (Å²) in [6.45, 7) is 4.65. The number of nitrogens with one attached hydrogen (secondary N) is 2. The average Bonchev–Trinajstić information content (AvgIpc) is 2.71. The number of likely N-dealkylation sites (tertiary alicyclic amines) is 1. The molecule has 2 rings (SSSR count). The second kappa shape index (κ2) is 9.53. The van der Waals surface area contributed by atoms with Gasteiger partial charge in [-0.2, -0.15) is 26.3 Å². The highest BCUT2D eigenvalue weighted by molar-refractivity contribution is 5.89. The Morgan fingerprint density at radius 1 is 1.00 bits per heavy atom. The summed E-state index contributed by atoms with van der Waals surface area (Å²) in [6.07, 6.45) is -10.7. The Morgan fingerprint density at radius 3 is 1.94 bits per heavy atom. The van der Waals surface area contributed by atoms with Crippen molar-refractivity contribution in [2.24, 2.45) is 5.92 Å². The second-order valence-electron chi connectivity index (χ2n) is 7.74. The molecule has 3 amide bonds. The lowest BCUT2D eigenvalue weighted by Gasteiger charge is -2.33. The van der Waals surface area contributed by atoms with Crippen LogP contribution in [0.2, 0.25) is 0 Å². The van der Waals surface area contributed by atoms with Crippen LogP contribution in [-0.2, 0) is 10.5 Å². The van der Waals surface area contributed by atoms with E-state index < -0.39 is 29.6 Å². The van der Waals surface area contributed by atoms with E-state index in [2.05, 4.69) is 10.6 Å². The zero-order valence-electron chi connectivity index (χ0n) is 17.4. The number of anilines is 1. The van der Waals surface area contributed by atoms with Gasteiger partial charge in [0, 0.05) is 36.3 Å². The first-order valence-electron chi connectivity index (χ1n) is 10.00. The first-order chi connectivity index (χ1) is 14.7. The number of hydrogen-bond acceptors (Lipinski definition) is 2. The zero-order chi connectivity index (χ0) is 24.3. The molecule has 0 radical (unpaired) electrons. The fourth-order valence-corrected chi connectivity index (χ4v) is 3.35. The van der Waals surface area contributed by atoms with E-state index in [1.165, 1.54) is 0 Å². The molecule has 32 heavy (non-hydrogen) atoms. The molecule has 0 saturated carbocycles. The van der Waals surface area contributed by atoms with E-state index in [0.717, 1.165) is 12.1 Å². The standard InChI is InChI=1S/C20H24F7N3O2/c1-3-12(2)16(31)30-10-8-15(9-11-30)29-17(32)28-14-6-4-13(5-7-14)18(21,19(22,23)24)20(25,26)27/h4-7,12,15H,3,8-11H2,1-2H3,(H2,28,29,32). The van der Waals surface area contributed by atoms with Crippen LogP contribution >= 0.6 is 0 Å². The zero-order valence-corrected chi connectivity index (χ0v) is 17.4. The third kappa shape index (κ3) is 5.44. The molecule has 1 aliphatic heterocycles. The molecule has 0 bridgehead atoms. The van der Waals surface area contributed by atoms with E-state index >= 15 is 0 Å². The van der Waals surface area contributed by atoms with Crippen molar-refractivity contribution in [1.29, 1.82) is 0 Å². The summed E-state index contributed by atoms with van der Waals surface area (Å²) in [7, 11) is 0. The highest BCUT2D eigenvalue weighted by atomic mass is 19.4. The van der Waals surface area contributed by atoms with Gasteiger partial charge in [-0.1, -0.05) is 26.0 Å². The molecule has 1 aromatic rings. The van der Waals surface area contributed by atoms with Crippen LogP contribution in [0.5, 0.6) is 0 Å². The van der Waals surface area contributed by atoms with E-state index in [9.17, 15) is 40.3 Å². The molecule has 1 aliphatic rings. The minimum atomic E-state index is -6.21. The number of urea groups is 1. The highest BCUT2D eigenvalue weighted by Crippen LogP contribution is 2.53. The van der Waals surface area contributed by atoms with E-state index in [1.807, 2.05) is 13.8 Å². The Balaban J connectivity index is 1.96. The number of rotatable bonds is 5. The van der Waals surface area contributed by atoms with Gasteiger partial charge in [0.15, 0.2) is 0 Å². The van der Waals surface area contributed by atoms with Crippen LogP contribution in [0.25, 0.3) is 0 Å². The largest absolute Gasteiger partial charge is 0.435 e. The Labute approximate surface area is 180 Å². The third-order valence-corrected chi connectivity index (χ3v) is 5.50. The lowest BCUT2D eigenvalue weighted by Crippen LogP contribution is -2.50. The summed E-state index contributed by atoms with van der Waals surface area (Å²) in [5, 5.41) is 4.93. The topological polar surface area (TPSA) is 61.4 Å². The van der Waals surface area contributed by atoms with Crippen LogP contribution < -0.4 is 10.6 Å². The maximum Gasteiger partial charge on any atom is 0.435 e. The van der Waals surface area contributed by atoms with E-state index in [4.69, 9.17) is 0 Å². The van der Waals surface area contributed by atoms with E-state index in [-0.39, 0.29) is 23.6 Å². The molecule has 1 aromatic carbocycles. The van der Waals surface area contributed by atoms with Crippen LogP contribution in [-0.4, -0.2) is 48.3 Å². The van der Waals surface area contributed by atoms with Gasteiger partial charge in [-0.05, 0) is 31.4 Å². The van der Waals surface area contributed by atoms with Gasteiger partial charge in [0.1, 0.15) is 0 Å². The van der Waals surface area contributed by atoms with Crippen molar-refractivity contribution < 1.29 is 40.3 Å². The maximum absolute atomic E-state index is 14.0. The van der Waals surface area contributed by atoms with Crippen molar-refractivity contribution in [3.63, 3.8) is 0 Å². The summed E-state index contributed by atoms with van der Waals surface area (Å²) >= 11 is 0. The van der Waals surface area contributed by atoms with Gasteiger partial charge in [-0.3, -0.25) is 4.79 Å². The quantitative estimate of drug-likeness (QED) is 0.585. The SMILES string of the molecule is CCC(C)C(=O)N1CCC(NC(=O)Nc2ccc(C(F)(C(F)(F)F)C(F)(F)F)cc2)CC1. The van der Waals surface area contributed by atoms with Crippen molar-refractivity contribution in [2.45, 2.75) is 57.2 Å². The fourth-order valence-electron chi connectivity index (χ4n) is 3.35. The smallest absolute Gasteiger partial charge is 0.342 e. The molecule has 1 fully saturated rings.